The molecule has 0 unspecified atom stereocenters. The number of anilines is 1. The number of halogens is 1. The van der Waals surface area contributed by atoms with E-state index in [-0.39, 0.29) is 10.9 Å². The Bertz CT molecular complexity index is 1570. The van der Waals surface area contributed by atoms with Gasteiger partial charge in [-0.1, -0.05) is 12.1 Å². The molecule has 1 aliphatic heterocycles. The van der Waals surface area contributed by atoms with Gasteiger partial charge in [0.2, 0.25) is 0 Å². The van der Waals surface area contributed by atoms with Crippen molar-refractivity contribution in [1.82, 2.24) is 35.0 Å². The van der Waals surface area contributed by atoms with Gasteiger partial charge in [0, 0.05) is 44.0 Å². The zero-order valence-electron chi connectivity index (χ0n) is 18.4. The summed E-state index contributed by atoms with van der Waals surface area (Å²) in [6, 6.07) is 9.42. The fourth-order valence-corrected chi connectivity index (χ4v) is 4.50. The molecule has 4 aromatic heterocycles. The number of carbonyl (C=O) groups is 2. The number of aromatic nitrogens is 6. The van der Waals surface area contributed by atoms with Crippen molar-refractivity contribution < 1.29 is 14.0 Å². The highest BCUT2D eigenvalue weighted by Gasteiger charge is 2.30. The fraction of sp³-hybridized carbons (Fsp3) is 0.167. The van der Waals surface area contributed by atoms with Crippen molar-refractivity contribution >= 4 is 39.3 Å². The van der Waals surface area contributed by atoms with Crippen molar-refractivity contribution in [2.24, 2.45) is 0 Å². The summed E-state index contributed by atoms with van der Waals surface area (Å²) < 4.78 is 14.7. The summed E-state index contributed by atoms with van der Waals surface area (Å²) in [5, 5.41) is 7.64. The quantitative estimate of drug-likeness (QED) is 0.306. The van der Waals surface area contributed by atoms with Gasteiger partial charge >= 0.3 is 0 Å². The van der Waals surface area contributed by atoms with E-state index in [1.54, 1.807) is 12.3 Å². The Morgan fingerprint density at radius 3 is 2.63 bits per heavy atom. The van der Waals surface area contributed by atoms with Gasteiger partial charge in [0.25, 0.3) is 11.7 Å². The van der Waals surface area contributed by atoms with Gasteiger partial charge in [-0.05, 0) is 18.2 Å². The van der Waals surface area contributed by atoms with Crippen LogP contribution in [0.5, 0.6) is 0 Å². The molecule has 174 valence electrons. The number of amides is 1. The second kappa shape index (κ2) is 8.28. The van der Waals surface area contributed by atoms with Gasteiger partial charge in [-0.2, -0.15) is 5.10 Å². The van der Waals surface area contributed by atoms with Crippen LogP contribution in [-0.4, -0.2) is 72.9 Å². The standard InChI is InChI=1S/C24H19FN8O2/c25-16-12-27-20(18-5-6-30-31-18)21-19(16)15(11-26-21)22(34)24(35)33-9-7-32(8-10-33)23-14-3-1-2-4-17(14)28-13-29-23/h1-6,11-13,26H,7-10H2,(H,30,31). The van der Waals surface area contributed by atoms with Gasteiger partial charge in [-0.15, -0.1) is 0 Å². The molecule has 0 aliphatic carbocycles. The van der Waals surface area contributed by atoms with Crippen LogP contribution >= 0.6 is 0 Å². The number of nitrogens with one attached hydrogen (secondary N) is 2. The van der Waals surface area contributed by atoms with Gasteiger partial charge in [-0.25, -0.2) is 19.3 Å². The zero-order valence-corrected chi connectivity index (χ0v) is 18.4. The van der Waals surface area contributed by atoms with E-state index in [0.717, 1.165) is 22.9 Å². The predicted octanol–water partition coefficient (Wildman–Crippen LogP) is 2.57. The molecular formula is C24H19FN8O2. The van der Waals surface area contributed by atoms with E-state index in [2.05, 4.69) is 35.0 Å². The molecule has 0 saturated carbocycles. The minimum atomic E-state index is -0.766. The molecule has 1 aliphatic rings. The maximum absolute atomic E-state index is 14.7. The number of nitrogens with zero attached hydrogens (tertiary/aromatic N) is 6. The monoisotopic (exact) mass is 470 g/mol. The number of hydrogen-bond donors (Lipinski definition) is 2. The number of hydrogen-bond acceptors (Lipinski definition) is 7. The summed E-state index contributed by atoms with van der Waals surface area (Å²) in [4.78, 5) is 45.6. The average molecular weight is 470 g/mol. The van der Waals surface area contributed by atoms with Crippen LogP contribution in [0.25, 0.3) is 33.2 Å². The van der Waals surface area contributed by atoms with Gasteiger partial charge in [0.1, 0.15) is 17.8 Å². The molecule has 6 rings (SSSR count). The van der Waals surface area contributed by atoms with E-state index < -0.39 is 17.5 Å². The number of fused-ring (bicyclic) bond motifs is 2. The number of benzene rings is 1. The lowest BCUT2D eigenvalue weighted by atomic mass is 10.1. The third-order valence-electron chi connectivity index (χ3n) is 6.25. The van der Waals surface area contributed by atoms with E-state index in [0.29, 0.717) is 43.1 Å². The first-order valence-corrected chi connectivity index (χ1v) is 11.1. The molecule has 1 amide bonds. The van der Waals surface area contributed by atoms with Crippen LogP contribution < -0.4 is 4.90 Å². The van der Waals surface area contributed by atoms with Crippen molar-refractivity contribution in [1.29, 1.82) is 0 Å². The average Bonchev–Trinajstić information content (AvgIpc) is 3.59. The lowest BCUT2D eigenvalue weighted by molar-refractivity contribution is -0.126. The van der Waals surface area contributed by atoms with Crippen molar-refractivity contribution in [2.45, 2.75) is 0 Å². The van der Waals surface area contributed by atoms with E-state index in [4.69, 9.17) is 0 Å². The number of rotatable bonds is 4. The number of pyridine rings is 1. The van der Waals surface area contributed by atoms with Crippen molar-refractivity contribution in [3.8, 4) is 11.4 Å². The Kier molecular flexibility index (Phi) is 4.94. The molecule has 5 heterocycles. The van der Waals surface area contributed by atoms with Crippen LogP contribution in [0, 0.1) is 5.82 Å². The molecule has 0 radical (unpaired) electrons. The number of piperazine rings is 1. The summed E-state index contributed by atoms with van der Waals surface area (Å²) in [7, 11) is 0. The predicted molar refractivity (Wildman–Crippen MR) is 126 cm³/mol. The lowest BCUT2D eigenvalue weighted by Crippen LogP contribution is -2.51. The highest BCUT2D eigenvalue weighted by molar-refractivity contribution is 6.45. The van der Waals surface area contributed by atoms with Gasteiger partial charge in [0.15, 0.2) is 5.82 Å². The molecule has 0 bridgehead atoms. The van der Waals surface area contributed by atoms with E-state index in [9.17, 15) is 14.0 Å². The second-order valence-electron chi connectivity index (χ2n) is 8.20. The van der Waals surface area contributed by atoms with E-state index in [1.165, 1.54) is 17.4 Å². The van der Waals surface area contributed by atoms with Crippen LogP contribution in [0.15, 0.2) is 55.2 Å². The molecule has 1 aromatic carbocycles. The van der Waals surface area contributed by atoms with Crippen LogP contribution in [0.3, 0.4) is 0 Å². The molecule has 1 fully saturated rings. The topological polar surface area (TPSA) is 124 Å². The van der Waals surface area contributed by atoms with Crippen LogP contribution in [0.4, 0.5) is 10.2 Å². The summed E-state index contributed by atoms with van der Waals surface area (Å²) in [6.45, 7) is 1.70. The number of ketones is 1. The Hall–Kier alpha value is -4.67. The molecule has 0 spiro atoms. The second-order valence-corrected chi connectivity index (χ2v) is 8.20. The summed E-state index contributed by atoms with van der Waals surface area (Å²) >= 11 is 0. The molecular weight excluding hydrogens is 451 g/mol. The van der Waals surface area contributed by atoms with Crippen LogP contribution in [-0.2, 0) is 4.79 Å². The number of para-hydroxylation sites is 1. The Morgan fingerprint density at radius 2 is 1.83 bits per heavy atom. The molecule has 35 heavy (non-hydrogen) atoms. The number of H-pyrrole nitrogens is 2. The Morgan fingerprint density at radius 1 is 1.00 bits per heavy atom. The molecule has 5 aromatic rings. The van der Waals surface area contributed by atoms with Crippen molar-refractivity contribution in [3.05, 3.63) is 66.6 Å². The SMILES string of the molecule is O=C(C(=O)N1CCN(c2ncnc3ccccc23)CC1)c1c[nH]c2c(-c3ccn[nH]3)ncc(F)c12. The first-order valence-electron chi connectivity index (χ1n) is 11.1. The third kappa shape index (κ3) is 3.48. The number of Topliss-reactive ketones (excluding diaryl/α,β-unsaturated/α-hetero) is 1. The van der Waals surface area contributed by atoms with Crippen LogP contribution in [0.1, 0.15) is 10.4 Å². The van der Waals surface area contributed by atoms with Gasteiger partial charge in [-0.3, -0.25) is 14.7 Å². The van der Waals surface area contributed by atoms with Gasteiger partial charge < -0.3 is 14.8 Å². The minimum Gasteiger partial charge on any atom is -0.359 e. The smallest absolute Gasteiger partial charge is 0.295 e. The van der Waals surface area contributed by atoms with E-state index >= 15 is 0 Å². The molecule has 10 nitrogen and oxygen atoms in total. The lowest BCUT2D eigenvalue weighted by Gasteiger charge is -2.35. The molecule has 2 N–H and O–H groups in total. The Labute approximate surface area is 197 Å². The largest absolute Gasteiger partial charge is 0.359 e. The summed E-state index contributed by atoms with van der Waals surface area (Å²) in [5.41, 5.74) is 2.13. The first kappa shape index (κ1) is 20.9. The fourth-order valence-electron chi connectivity index (χ4n) is 4.50. The van der Waals surface area contributed by atoms with Gasteiger partial charge in [0.05, 0.1) is 33.9 Å². The summed E-state index contributed by atoms with van der Waals surface area (Å²) in [6.07, 6.45) is 5.47. The van der Waals surface area contributed by atoms with Crippen molar-refractivity contribution in [3.63, 3.8) is 0 Å². The van der Waals surface area contributed by atoms with Crippen LogP contribution in [0.2, 0.25) is 0 Å². The highest BCUT2D eigenvalue weighted by atomic mass is 19.1. The molecule has 0 atom stereocenters. The maximum Gasteiger partial charge on any atom is 0.295 e. The first-order chi connectivity index (χ1) is 17.1. The highest BCUT2D eigenvalue weighted by Crippen LogP contribution is 2.29. The molecule has 1 saturated heterocycles. The number of aromatic amines is 2. The number of carbonyl (C=O) groups excluding carboxylic acids is 2. The van der Waals surface area contributed by atoms with Crippen molar-refractivity contribution in [2.75, 3.05) is 31.1 Å². The normalized spacial score (nSPS) is 14.1. The Balaban J connectivity index is 1.23. The summed E-state index contributed by atoms with van der Waals surface area (Å²) in [5.74, 6) is -1.32. The van der Waals surface area contributed by atoms with E-state index in [1.807, 2.05) is 24.3 Å². The maximum atomic E-state index is 14.7. The minimum absolute atomic E-state index is 0.0186. The molecule has 11 heteroatoms. The zero-order chi connectivity index (χ0) is 23.9. The third-order valence-corrected chi connectivity index (χ3v) is 6.25.